The monoisotopic (exact) mass is 344 g/mol. The molecule has 0 radical (unpaired) electrons. The van der Waals surface area contributed by atoms with Crippen molar-refractivity contribution in [3.8, 4) is 0 Å². The minimum atomic E-state index is -2.79. The molecule has 2 fully saturated rings. The number of guanidine groups is 1. The molecule has 6 nitrogen and oxygen atoms in total. The van der Waals surface area contributed by atoms with E-state index in [4.69, 9.17) is 4.99 Å². The molecule has 0 aromatic heterocycles. The van der Waals surface area contributed by atoms with E-state index in [-0.39, 0.29) is 0 Å². The Morgan fingerprint density at radius 1 is 1.17 bits per heavy atom. The smallest absolute Gasteiger partial charge is 0.191 e. The molecule has 1 aliphatic carbocycles. The molecular weight excluding hydrogens is 312 g/mol. The fourth-order valence-electron chi connectivity index (χ4n) is 3.20. The number of hydrogen-bond acceptors (Lipinski definition) is 4. The SMILES string of the molecule is CCNC(=NCC1(CC)CCC1)NCCN1CCS(=O)(=O)CC1. The van der Waals surface area contributed by atoms with E-state index in [0.717, 1.165) is 32.1 Å². The lowest BCUT2D eigenvalue weighted by Gasteiger charge is -2.40. The zero-order valence-corrected chi connectivity index (χ0v) is 15.4. The van der Waals surface area contributed by atoms with Gasteiger partial charge in [-0.15, -0.1) is 0 Å². The average Bonchev–Trinajstić information content (AvgIpc) is 2.48. The summed E-state index contributed by atoms with van der Waals surface area (Å²) < 4.78 is 22.9. The van der Waals surface area contributed by atoms with Crippen LogP contribution in [-0.2, 0) is 9.84 Å². The van der Waals surface area contributed by atoms with E-state index < -0.39 is 9.84 Å². The second-order valence-electron chi connectivity index (χ2n) is 6.82. The fourth-order valence-corrected chi connectivity index (χ4v) is 4.47. The number of nitrogens with zero attached hydrogens (tertiary/aromatic N) is 2. The minimum absolute atomic E-state index is 0.292. The van der Waals surface area contributed by atoms with Crippen molar-refractivity contribution < 1.29 is 8.42 Å². The molecule has 2 rings (SSSR count). The van der Waals surface area contributed by atoms with Crippen LogP contribution in [0, 0.1) is 5.41 Å². The molecule has 0 spiro atoms. The van der Waals surface area contributed by atoms with Crippen LogP contribution in [-0.4, -0.2) is 70.1 Å². The number of aliphatic imine (C=N–C) groups is 1. The van der Waals surface area contributed by atoms with Crippen LogP contribution in [0.15, 0.2) is 4.99 Å². The molecule has 1 saturated heterocycles. The van der Waals surface area contributed by atoms with Crippen molar-refractivity contribution in [1.82, 2.24) is 15.5 Å². The van der Waals surface area contributed by atoms with Crippen LogP contribution in [0.25, 0.3) is 0 Å². The summed E-state index contributed by atoms with van der Waals surface area (Å²) in [5.41, 5.74) is 0.434. The highest BCUT2D eigenvalue weighted by Crippen LogP contribution is 2.43. The van der Waals surface area contributed by atoms with Crippen LogP contribution in [0.2, 0.25) is 0 Å². The fraction of sp³-hybridized carbons (Fsp3) is 0.938. The number of rotatable bonds is 7. The Balaban J connectivity index is 1.74. The Labute approximate surface area is 141 Å². The summed E-state index contributed by atoms with van der Waals surface area (Å²) in [5, 5.41) is 6.68. The third kappa shape index (κ3) is 5.64. The summed E-state index contributed by atoms with van der Waals surface area (Å²) in [4.78, 5) is 6.97. The van der Waals surface area contributed by atoms with Crippen LogP contribution < -0.4 is 10.6 Å². The van der Waals surface area contributed by atoms with Crippen molar-refractivity contribution >= 4 is 15.8 Å². The van der Waals surface area contributed by atoms with Gasteiger partial charge < -0.3 is 10.6 Å². The Kier molecular flexibility index (Phi) is 6.71. The first-order valence-corrected chi connectivity index (χ1v) is 10.8. The van der Waals surface area contributed by atoms with E-state index in [1.807, 2.05) is 0 Å². The second kappa shape index (κ2) is 8.33. The van der Waals surface area contributed by atoms with Gasteiger partial charge in [-0.05, 0) is 31.6 Å². The Hall–Kier alpha value is -0.820. The Bertz CT molecular complexity index is 481. The quantitative estimate of drug-likeness (QED) is 0.529. The average molecular weight is 345 g/mol. The van der Waals surface area contributed by atoms with Gasteiger partial charge in [-0.25, -0.2) is 8.42 Å². The summed E-state index contributed by atoms with van der Waals surface area (Å²) in [6.07, 6.45) is 5.15. The van der Waals surface area contributed by atoms with Crippen molar-refractivity contribution in [3.63, 3.8) is 0 Å². The van der Waals surface area contributed by atoms with E-state index in [1.165, 1.54) is 25.7 Å². The third-order valence-corrected chi connectivity index (χ3v) is 6.85. The highest BCUT2D eigenvalue weighted by molar-refractivity contribution is 7.91. The lowest BCUT2D eigenvalue weighted by Crippen LogP contribution is -2.46. The molecule has 2 aliphatic rings. The normalized spacial score (nSPS) is 24.0. The molecule has 1 saturated carbocycles. The van der Waals surface area contributed by atoms with Crippen LogP contribution in [0.1, 0.15) is 39.5 Å². The van der Waals surface area contributed by atoms with Crippen LogP contribution in [0.3, 0.4) is 0 Å². The molecule has 0 amide bonds. The van der Waals surface area contributed by atoms with Crippen molar-refractivity contribution in [3.05, 3.63) is 0 Å². The molecule has 0 aromatic rings. The molecule has 134 valence electrons. The van der Waals surface area contributed by atoms with Crippen molar-refractivity contribution in [2.24, 2.45) is 10.4 Å². The third-order valence-electron chi connectivity index (χ3n) is 5.24. The number of nitrogens with one attached hydrogen (secondary N) is 2. The van der Waals surface area contributed by atoms with Gasteiger partial charge in [0.25, 0.3) is 0 Å². The van der Waals surface area contributed by atoms with Gasteiger partial charge in [0.15, 0.2) is 15.8 Å². The summed E-state index contributed by atoms with van der Waals surface area (Å²) in [6, 6.07) is 0. The van der Waals surface area contributed by atoms with Crippen molar-refractivity contribution in [2.75, 3.05) is 50.8 Å². The van der Waals surface area contributed by atoms with Gasteiger partial charge in [-0.2, -0.15) is 0 Å². The summed E-state index contributed by atoms with van der Waals surface area (Å²) in [5.74, 6) is 1.47. The lowest BCUT2D eigenvalue weighted by molar-refractivity contribution is 0.139. The van der Waals surface area contributed by atoms with Gasteiger partial charge >= 0.3 is 0 Å². The number of sulfone groups is 1. The van der Waals surface area contributed by atoms with E-state index in [0.29, 0.717) is 30.0 Å². The van der Waals surface area contributed by atoms with Crippen molar-refractivity contribution in [1.29, 1.82) is 0 Å². The molecule has 7 heteroatoms. The van der Waals surface area contributed by atoms with Gasteiger partial charge in [0, 0.05) is 39.3 Å². The molecule has 0 atom stereocenters. The van der Waals surface area contributed by atoms with Crippen LogP contribution >= 0.6 is 0 Å². The van der Waals surface area contributed by atoms with Crippen LogP contribution in [0.5, 0.6) is 0 Å². The van der Waals surface area contributed by atoms with E-state index >= 15 is 0 Å². The first kappa shape index (κ1) is 18.5. The maximum Gasteiger partial charge on any atom is 0.191 e. The van der Waals surface area contributed by atoms with Gasteiger partial charge in [0.05, 0.1) is 11.5 Å². The van der Waals surface area contributed by atoms with Crippen LogP contribution in [0.4, 0.5) is 0 Å². The van der Waals surface area contributed by atoms with Gasteiger partial charge in [0.1, 0.15) is 0 Å². The maximum absolute atomic E-state index is 11.4. The van der Waals surface area contributed by atoms with E-state index in [9.17, 15) is 8.42 Å². The molecule has 0 bridgehead atoms. The van der Waals surface area contributed by atoms with Crippen molar-refractivity contribution in [2.45, 2.75) is 39.5 Å². The first-order valence-electron chi connectivity index (χ1n) is 8.93. The zero-order chi connectivity index (χ0) is 16.8. The molecule has 0 aromatic carbocycles. The van der Waals surface area contributed by atoms with Gasteiger partial charge in [-0.1, -0.05) is 13.3 Å². The summed E-state index contributed by atoms with van der Waals surface area (Å²) in [7, 11) is -2.79. The maximum atomic E-state index is 11.4. The highest BCUT2D eigenvalue weighted by atomic mass is 32.2. The predicted molar refractivity (Wildman–Crippen MR) is 95.7 cm³/mol. The van der Waals surface area contributed by atoms with Gasteiger partial charge in [-0.3, -0.25) is 9.89 Å². The molecule has 1 aliphatic heterocycles. The number of hydrogen-bond donors (Lipinski definition) is 2. The Morgan fingerprint density at radius 2 is 1.87 bits per heavy atom. The molecule has 2 N–H and O–H groups in total. The topological polar surface area (TPSA) is 73.8 Å². The molecular formula is C16H32N4O2S. The first-order chi connectivity index (χ1) is 11.0. The summed E-state index contributed by atoms with van der Waals surface area (Å²) in [6.45, 7) is 9.05. The predicted octanol–water partition coefficient (Wildman–Crippen LogP) is 0.852. The minimum Gasteiger partial charge on any atom is -0.357 e. The standard InChI is InChI=1S/C16H32N4O2S/c1-3-16(6-5-7-16)14-19-15(17-4-2)18-8-9-20-10-12-23(21,22)13-11-20/h3-14H2,1-2H3,(H2,17,18,19). The van der Waals surface area contributed by atoms with Gasteiger partial charge in [0.2, 0.25) is 0 Å². The molecule has 23 heavy (non-hydrogen) atoms. The van der Waals surface area contributed by atoms with E-state index in [2.05, 4.69) is 29.4 Å². The lowest BCUT2D eigenvalue weighted by atomic mass is 9.67. The molecule has 0 unspecified atom stereocenters. The highest BCUT2D eigenvalue weighted by Gasteiger charge is 2.34. The zero-order valence-electron chi connectivity index (χ0n) is 14.6. The summed E-state index contributed by atoms with van der Waals surface area (Å²) >= 11 is 0. The Morgan fingerprint density at radius 3 is 2.39 bits per heavy atom. The van der Waals surface area contributed by atoms with E-state index in [1.54, 1.807) is 0 Å². The second-order valence-corrected chi connectivity index (χ2v) is 9.13. The largest absolute Gasteiger partial charge is 0.357 e. The molecule has 1 heterocycles.